The van der Waals surface area contributed by atoms with E-state index in [1.165, 1.54) is 68.9 Å². The third-order valence-corrected chi connectivity index (χ3v) is 5.22. The topological polar surface area (TPSA) is 9.72 Å². The highest BCUT2D eigenvalue weighted by molar-refractivity contribution is 5.55. The number of nitrogens with zero attached hydrogens (tertiary/aromatic N) is 3. The fourth-order valence-electron chi connectivity index (χ4n) is 3.72. The molecule has 0 saturated carbocycles. The normalized spacial score (nSPS) is 22.7. The molecule has 2 aliphatic rings. The van der Waals surface area contributed by atoms with Crippen LogP contribution in [0.4, 0.5) is 5.69 Å². The molecule has 0 aliphatic carbocycles. The smallest absolute Gasteiger partial charge is 0.0398 e. The van der Waals surface area contributed by atoms with E-state index in [2.05, 4.69) is 53.8 Å². The molecule has 2 saturated heterocycles. The van der Waals surface area contributed by atoms with Gasteiger partial charge in [-0.05, 0) is 50.9 Å². The van der Waals surface area contributed by atoms with Crippen molar-refractivity contribution in [3.05, 3.63) is 29.3 Å². The van der Waals surface area contributed by atoms with Crippen LogP contribution < -0.4 is 4.90 Å². The molecule has 2 heterocycles. The maximum absolute atomic E-state index is 2.72. The molecule has 21 heavy (non-hydrogen) atoms. The van der Waals surface area contributed by atoms with E-state index in [4.69, 9.17) is 0 Å². The molecule has 0 radical (unpaired) electrons. The standard InChI is InChI=1S/C18H29N3/c1-15-4-5-16(2)18(14-15)21-8-6-17(7-9-21)20-12-10-19(3)11-13-20/h4-5,14,17H,6-13H2,1-3H3. The molecule has 0 aromatic heterocycles. The lowest BCUT2D eigenvalue weighted by Crippen LogP contribution is -2.52. The first-order chi connectivity index (χ1) is 10.1. The molecule has 2 aliphatic heterocycles. The lowest BCUT2D eigenvalue weighted by Gasteiger charge is -2.43. The molecule has 116 valence electrons. The largest absolute Gasteiger partial charge is 0.371 e. The minimum atomic E-state index is 0.806. The zero-order valence-corrected chi connectivity index (χ0v) is 13.8. The van der Waals surface area contributed by atoms with Gasteiger partial charge in [-0.25, -0.2) is 0 Å². The van der Waals surface area contributed by atoms with Crippen LogP contribution in [0.15, 0.2) is 18.2 Å². The van der Waals surface area contributed by atoms with Crippen molar-refractivity contribution in [2.45, 2.75) is 32.7 Å². The number of aryl methyl sites for hydroxylation is 2. The summed E-state index contributed by atoms with van der Waals surface area (Å²) in [6.45, 7) is 11.8. The summed E-state index contributed by atoms with van der Waals surface area (Å²) in [6, 6.07) is 7.64. The van der Waals surface area contributed by atoms with Gasteiger partial charge in [0, 0.05) is 51.0 Å². The summed E-state index contributed by atoms with van der Waals surface area (Å²) in [7, 11) is 2.24. The van der Waals surface area contributed by atoms with Crippen molar-refractivity contribution >= 4 is 5.69 Å². The van der Waals surface area contributed by atoms with Gasteiger partial charge in [0.25, 0.3) is 0 Å². The predicted octanol–water partition coefficient (Wildman–Crippen LogP) is 2.52. The maximum Gasteiger partial charge on any atom is 0.0398 e. The molecule has 0 spiro atoms. The third kappa shape index (κ3) is 3.41. The Morgan fingerprint density at radius 1 is 0.905 bits per heavy atom. The van der Waals surface area contributed by atoms with Gasteiger partial charge >= 0.3 is 0 Å². The van der Waals surface area contributed by atoms with E-state index in [9.17, 15) is 0 Å². The molecule has 0 N–H and O–H groups in total. The quantitative estimate of drug-likeness (QED) is 0.827. The fourth-order valence-corrected chi connectivity index (χ4v) is 3.72. The van der Waals surface area contributed by atoms with Crippen molar-refractivity contribution < 1.29 is 0 Å². The fraction of sp³-hybridized carbons (Fsp3) is 0.667. The van der Waals surface area contributed by atoms with Crippen LogP contribution in [-0.4, -0.2) is 62.2 Å². The van der Waals surface area contributed by atoms with Gasteiger partial charge in [-0.15, -0.1) is 0 Å². The van der Waals surface area contributed by atoms with E-state index in [0.717, 1.165) is 6.04 Å². The maximum atomic E-state index is 2.72. The SMILES string of the molecule is Cc1ccc(C)c(N2CCC(N3CCN(C)CC3)CC2)c1. The lowest BCUT2D eigenvalue weighted by molar-refractivity contribution is 0.0982. The van der Waals surface area contributed by atoms with E-state index in [1.807, 2.05) is 0 Å². The van der Waals surface area contributed by atoms with Crippen molar-refractivity contribution in [1.29, 1.82) is 0 Å². The molecule has 3 nitrogen and oxygen atoms in total. The number of hydrogen-bond acceptors (Lipinski definition) is 3. The van der Waals surface area contributed by atoms with E-state index < -0.39 is 0 Å². The Balaban J connectivity index is 1.59. The Hall–Kier alpha value is -1.06. The number of piperazine rings is 1. The molecule has 0 unspecified atom stereocenters. The highest BCUT2D eigenvalue weighted by Crippen LogP contribution is 2.26. The molecule has 1 aromatic rings. The second-order valence-electron chi connectivity index (χ2n) is 6.85. The van der Waals surface area contributed by atoms with Gasteiger partial charge < -0.3 is 9.80 Å². The zero-order chi connectivity index (χ0) is 14.8. The molecule has 2 fully saturated rings. The third-order valence-electron chi connectivity index (χ3n) is 5.22. The van der Waals surface area contributed by atoms with Crippen LogP contribution in [0.3, 0.4) is 0 Å². The molecular formula is C18H29N3. The Morgan fingerprint density at radius 3 is 2.24 bits per heavy atom. The van der Waals surface area contributed by atoms with Crippen LogP contribution >= 0.6 is 0 Å². The van der Waals surface area contributed by atoms with Gasteiger partial charge in [0.05, 0.1) is 0 Å². The van der Waals surface area contributed by atoms with E-state index in [-0.39, 0.29) is 0 Å². The number of rotatable bonds is 2. The first-order valence-electron chi connectivity index (χ1n) is 8.38. The van der Waals surface area contributed by atoms with Gasteiger partial charge in [0.1, 0.15) is 0 Å². The Morgan fingerprint density at radius 2 is 1.57 bits per heavy atom. The number of anilines is 1. The minimum absolute atomic E-state index is 0.806. The van der Waals surface area contributed by atoms with Crippen LogP contribution in [-0.2, 0) is 0 Å². The molecule has 3 rings (SSSR count). The second kappa shape index (κ2) is 6.37. The first kappa shape index (κ1) is 14.9. The average Bonchev–Trinajstić information content (AvgIpc) is 2.51. The molecule has 0 atom stereocenters. The highest BCUT2D eigenvalue weighted by Gasteiger charge is 2.27. The van der Waals surface area contributed by atoms with Crippen molar-refractivity contribution in [2.24, 2.45) is 0 Å². The number of likely N-dealkylation sites (N-methyl/N-ethyl adjacent to an activating group) is 1. The van der Waals surface area contributed by atoms with Crippen LogP contribution in [0, 0.1) is 13.8 Å². The second-order valence-corrected chi connectivity index (χ2v) is 6.85. The lowest BCUT2D eigenvalue weighted by atomic mass is 10.00. The summed E-state index contributed by atoms with van der Waals surface area (Å²) in [5.74, 6) is 0. The molecule has 0 amide bonds. The first-order valence-corrected chi connectivity index (χ1v) is 8.38. The summed E-state index contributed by atoms with van der Waals surface area (Å²) < 4.78 is 0. The Bertz CT molecular complexity index is 469. The monoisotopic (exact) mass is 287 g/mol. The van der Waals surface area contributed by atoms with Crippen molar-refractivity contribution in [3.63, 3.8) is 0 Å². The molecular weight excluding hydrogens is 258 g/mol. The summed E-state index contributed by atoms with van der Waals surface area (Å²) >= 11 is 0. The van der Waals surface area contributed by atoms with Gasteiger partial charge in [0.2, 0.25) is 0 Å². The van der Waals surface area contributed by atoms with E-state index >= 15 is 0 Å². The highest BCUT2D eigenvalue weighted by atomic mass is 15.3. The number of piperidine rings is 1. The summed E-state index contributed by atoms with van der Waals surface area (Å²) in [5, 5.41) is 0. The van der Waals surface area contributed by atoms with Crippen molar-refractivity contribution in [2.75, 3.05) is 51.2 Å². The number of hydrogen-bond donors (Lipinski definition) is 0. The van der Waals surface area contributed by atoms with Crippen molar-refractivity contribution in [3.8, 4) is 0 Å². The van der Waals surface area contributed by atoms with Crippen LogP contribution in [0.5, 0.6) is 0 Å². The molecule has 1 aromatic carbocycles. The Labute approximate surface area is 129 Å². The minimum Gasteiger partial charge on any atom is -0.371 e. The van der Waals surface area contributed by atoms with Crippen LogP contribution in [0.2, 0.25) is 0 Å². The van der Waals surface area contributed by atoms with Gasteiger partial charge in [0.15, 0.2) is 0 Å². The van der Waals surface area contributed by atoms with Crippen LogP contribution in [0.1, 0.15) is 24.0 Å². The summed E-state index contributed by atoms with van der Waals surface area (Å²) in [6.07, 6.45) is 2.63. The van der Waals surface area contributed by atoms with Gasteiger partial charge in [-0.1, -0.05) is 12.1 Å². The summed E-state index contributed by atoms with van der Waals surface area (Å²) in [4.78, 5) is 7.76. The predicted molar refractivity (Wildman–Crippen MR) is 90.2 cm³/mol. The van der Waals surface area contributed by atoms with Gasteiger partial charge in [-0.3, -0.25) is 4.90 Å². The average molecular weight is 287 g/mol. The van der Waals surface area contributed by atoms with Crippen LogP contribution in [0.25, 0.3) is 0 Å². The zero-order valence-electron chi connectivity index (χ0n) is 13.8. The molecule has 3 heteroatoms. The molecule has 0 bridgehead atoms. The summed E-state index contributed by atoms with van der Waals surface area (Å²) in [5.41, 5.74) is 4.24. The van der Waals surface area contributed by atoms with E-state index in [0.29, 0.717) is 0 Å². The van der Waals surface area contributed by atoms with Gasteiger partial charge in [-0.2, -0.15) is 0 Å². The number of benzene rings is 1. The van der Waals surface area contributed by atoms with E-state index in [1.54, 1.807) is 0 Å². The Kier molecular flexibility index (Phi) is 4.51. The van der Waals surface area contributed by atoms with Crippen molar-refractivity contribution in [1.82, 2.24) is 9.80 Å².